The molecule has 1 N–H and O–H groups in total. The van der Waals surface area contributed by atoms with Gasteiger partial charge in [-0.2, -0.15) is 4.68 Å². The summed E-state index contributed by atoms with van der Waals surface area (Å²) in [6.07, 6.45) is 1.97. The molecule has 0 fully saturated rings. The predicted octanol–water partition coefficient (Wildman–Crippen LogP) is 4.69. The lowest BCUT2D eigenvalue weighted by atomic mass is 10.0. The van der Waals surface area contributed by atoms with Gasteiger partial charge in [0.1, 0.15) is 12.6 Å². The molecule has 4 aromatic rings. The van der Waals surface area contributed by atoms with Gasteiger partial charge < -0.3 is 5.32 Å². The van der Waals surface area contributed by atoms with Crippen molar-refractivity contribution in [2.75, 3.05) is 16.8 Å². The van der Waals surface area contributed by atoms with Crippen molar-refractivity contribution >= 4 is 34.8 Å². The van der Waals surface area contributed by atoms with Crippen LogP contribution < -0.4 is 10.2 Å². The lowest BCUT2D eigenvalue weighted by Gasteiger charge is -2.32. The maximum atomic E-state index is 13.6. The van der Waals surface area contributed by atoms with Crippen LogP contribution in [0.1, 0.15) is 17.2 Å². The number of rotatable bonds is 5. The average molecular weight is 479 g/mol. The van der Waals surface area contributed by atoms with Gasteiger partial charge in [0, 0.05) is 16.8 Å². The van der Waals surface area contributed by atoms with Gasteiger partial charge in [0.15, 0.2) is 11.6 Å². The molecule has 0 saturated carbocycles. The first-order valence-corrected chi connectivity index (χ1v) is 10.7. The molecule has 0 saturated heterocycles. The molecule has 1 atom stereocenters. The molecule has 1 aromatic heterocycles. The van der Waals surface area contributed by atoms with Gasteiger partial charge in [-0.25, -0.2) is 8.78 Å². The molecular weight excluding hydrogens is 462 g/mol. The molecule has 0 spiro atoms. The Labute approximate surface area is 198 Å². The van der Waals surface area contributed by atoms with Crippen molar-refractivity contribution in [3.8, 4) is 0 Å². The molecule has 0 unspecified atom stereocenters. The molecule has 3 aromatic carbocycles. The number of allylic oxidation sites excluding steroid dienone is 1. The van der Waals surface area contributed by atoms with Crippen molar-refractivity contribution in [2.45, 2.75) is 6.04 Å². The number of nitrogens with one attached hydrogen (secondary N) is 1. The molecule has 0 aliphatic carbocycles. The van der Waals surface area contributed by atoms with E-state index in [2.05, 4.69) is 20.8 Å². The Kier molecular flexibility index (Phi) is 5.77. The van der Waals surface area contributed by atoms with E-state index in [0.717, 1.165) is 29.0 Å². The van der Waals surface area contributed by atoms with Crippen LogP contribution in [0.25, 0.3) is 5.70 Å². The Bertz CT molecular complexity index is 1370. The summed E-state index contributed by atoms with van der Waals surface area (Å²) in [6.45, 7) is -0.159. The van der Waals surface area contributed by atoms with E-state index in [4.69, 9.17) is 11.6 Å². The largest absolute Gasteiger partial charge is 0.324 e. The van der Waals surface area contributed by atoms with E-state index < -0.39 is 17.5 Å². The highest BCUT2D eigenvalue weighted by molar-refractivity contribution is 6.30. The van der Waals surface area contributed by atoms with Crippen molar-refractivity contribution in [2.24, 2.45) is 0 Å². The molecule has 170 valence electrons. The minimum atomic E-state index is -1.05. The summed E-state index contributed by atoms with van der Waals surface area (Å²) in [5.74, 6) is -2.12. The van der Waals surface area contributed by atoms with Crippen molar-refractivity contribution in [3.63, 3.8) is 0 Å². The average Bonchev–Trinajstić information content (AvgIpc) is 3.33. The van der Waals surface area contributed by atoms with Crippen LogP contribution >= 0.6 is 11.6 Å². The van der Waals surface area contributed by atoms with Crippen LogP contribution in [0, 0.1) is 11.6 Å². The van der Waals surface area contributed by atoms with Crippen molar-refractivity contribution in [1.82, 2.24) is 20.2 Å². The fraction of sp³-hybridized carbons (Fsp3) is 0.0833. The Hall–Kier alpha value is -4.11. The number of aromatic nitrogens is 4. The van der Waals surface area contributed by atoms with E-state index in [1.165, 1.54) is 6.07 Å². The molecule has 34 heavy (non-hydrogen) atoms. The van der Waals surface area contributed by atoms with Crippen LogP contribution in [0.5, 0.6) is 0 Å². The zero-order valence-corrected chi connectivity index (χ0v) is 18.3. The fourth-order valence-electron chi connectivity index (χ4n) is 3.80. The summed E-state index contributed by atoms with van der Waals surface area (Å²) in [5.41, 5.74) is 2.64. The molecule has 1 aliphatic rings. The Morgan fingerprint density at radius 1 is 1.00 bits per heavy atom. The van der Waals surface area contributed by atoms with E-state index in [1.54, 1.807) is 21.7 Å². The monoisotopic (exact) mass is 478 g/mol. The lowest BCUT2D eigenvalue weighted by molar-refractivity contribution is -0.114. The normalized spacial score (nSPS) is 15.0. The Morgan fingerprint density at radius 2 is 1.76 bits per heavy atom. The van der Waals surface area contributed by atoms with Gasteiger partial charge in [-0.05, 0) is 51.9 Å². The first-order chi connectivity index (χ1) is 16.5. The first-order valence-electron chi connectivity index (χ1n) is 10.3. The van der Waals surface area contributed by atoms with E-state index in [0.29, 0.717) is 11.0 Å². The fourth-order valence-corrected chi connectivity index (χ4v) is 3.92. The van der Waals surface area contributed by atoms with E-state index >= 15 is 0 Å². The highest BCUT2D eigenvalue weighted by Gasteiger charge is 2.32. The summed E-state index contributed by atoms with van der Waals surface area (Å²) in [6, 6.07) is 19.7. The van der Waals surface area contributed by atoms with Gasteiger partial charge >= 0.3 is 0 Å². The third-order valence-corrected chi connectivity index (χ3v) is 5.63. The highest BCUT2D eigenvalue weighted by Crippen LogP contribution is 2.36. The van der Waals surface area contributed by atoms with E-state index in [-0.39, 0.29) is 18.3 Å². The summed E-state index contributed by atoms with van der Waals surface area (Å²) >= 11 is 6.06. The Balaban J connectivity index is 1.51. The zero-order valence-electron chi connectivity index (χ0n) is 17.6. The second kappa shape index (κ2) is 9.03. The second-order valence-corrected chi connectivity index (χ2v) is 8.04. The number of halogens is 3. The smallest absolute Gasteiger partial charge is 0.251 e. The third-order valence-electron chi connectivity index (χ3n) is 5.37. The SMILES string of the molecule is O=C(CN1C(c2ccccc2)=C[C@H](c2ccc(Cl)cc2)n2nnnc21)Nc1ccc(F)c(F)c1. The van der Waals surface area contributed by atoms with Crippen LogP contribution in [0.4, 0.5) is 20.4 Å². The summed E-state index contributed by atoms with van der Waals surface area (Å²) in [4.78, 5) is 14.6. The maximum Gasteiger partial charge on any atom is 0.251 e. The van der Waals surface area contributed by atoms with Crippen LogP contribution in [-0.2, 0) is 4.79 Å². The van der Waals surface area contributed by atoms with Crippen molar-refractivity contribution < 1.29 is 13.6 Å². The number of hydrogen-bond donors (Lipinski definition) is 1. The van der Waals surface area contributed by atoms with Crippen LogP contribution in [0.2, 0.25) is 5.02 Å². The van der Waals surface area contributed by atoms with Crippen LogP contribution in [0.3, 0.4) is 0 Å². The van der Waals surface area contributed by atoms with Gasteiger partial charge in [-0.3, -0.25) is 9.69 Å². The number of benzene rings is 3. The van der Waals surface area contributed by atoms with Crippen LogP contribution in [0.15, 0.2) is 78.9 Å². The molecule has 5 rings (SSSR count). The molecule has 2 heterocycles. The molecule has 10 heteroatoms. The number of nitrogens with zero attached hydrogens (tertiary/aromatic N) is 5. The van der Waals surface area contributed by atoms with Crippen molar-refractivity contribution in [3.05, 3.63) is 107 Å². The highest BCUT2D eigenvalue weighted by atomic mass is 35.5. The summed E-state index contributed by atoms with van der Waals surface area (Å²) in [5, 5.41) is 15.3. The van der Waals surface area contributed by atoms with Gasteiger partial charge in [-0.1, -0.05) is 59.2 Å². The van der Waals surface area contributed by atoms with Gasteiger partial charge in [0.05, 0.1) is 5.70 Å². The van der Waals surface area contributed by atoms with E-state index in [1.807, 2.05) is 48.5 Å². The predicted molar refractivity (Wildman–Crippen MR) is 124 cm³/mol. The lowest BCUT2D eigenvalue weighted by Crippen LogP contribution is -2.37. The van der Waals surface area contributed by atoms with Gasteiger partial charge in [0.2, 0.25) is 5.91 Å². The quantitative estimate of drug-likeness (QED) is 0.450. The standard InChI is InChI=1S/C24H17ClF2N6O/c25-17-8-6-16(7-9-17)22-13-21(15-4-2-1-3-5-15)32(24-29-30-31-33(22)24)14-23(34)28-18-10-11-19(26)20(27)12-18/h1-13,22H,14H2,(H,28,34)/t22-/m1/s1. The molecular formula is C24H17ClF2N6O. The number of carbonyl (C=O) groups excluding carboxylic acids is 1. The minimum absolute atomic E-state index is 0.143. The first kappa shape index (κ1) is 21.7. The summed E-state index contributed by atoms with van der Waals surface area (Å²) < 4.78 is 28.4. The molecule has 1 aliphatic heterocycles. The van der Waals surface area contributed by atoms with Gasteiger partial charge in [-0.15, -0.1) is 0 Å². The molecule has 0 radical (unpaired) electrons. The van der Waals surface area contributed by atoms with Crippen molar-refractivity contribution in [1.29, 1.82) is 0 Å². The number of carbonyl (C=O) groups is 1. The molecule has 0 bridgehead atoms. The Morgan fingerprint density at radius 3 is 2.50 bits per heavy atom. The second-order valence-electron chi connectivity index (χ2n) is 7.60. The number of tetrazole rings is 1. The summed E-state index contributed by atoms with van der Waals surface area (Å²) in [7, 11) is 0. The number of amides is 1. The zero-order chi connectivity index (χ0) is 23.7. The third kappa shape index (κ3) is 4.25. The maximum absolute atomic E-state index is 13.6. The van der Waals surface area contributed by atoms with E-state index in [9.17, 15) is 13.6 Å². The number of fused-ring (bicyclic) bond motifs is 1. The number of hydrogen-bond acceptors (Lipinski definition) is 5. The molecule has 1 amide bonds. The van der Waals surface area contributed by atoms with Crippen LogP contribution in [-0.4, -0.2) is 32.7 Å². The van der Waals surface area contributed by atoms with Gasteiger partial charge in [0.25, 0.3) is 5.95 Å². The number of anilines is 2. The topological polar surface area (TPSA) is 75.9 Å². The molecule has 7 nitrogen and oxygen atoms in total. The minimum Gasteiger partial charge on any atom is -0.324 e.